The van der Waals surface area contributed by atoms with Crippen molar-refractivity contribution >= 4 is 47.4 Å². The van der Waals surface area contributed by atoms with E-state index < -0.39 is 95.6 Å². The number of carboxylic acid groups (broad SMARTS) is 2. The van der Waals surface area contributed by atoms with Gasteiger partial charge in [0.2, 0.25) is 35.4 Å². The zero-order valence-electron chi connectivity index (χ0n) is 29.3. The molecule has 2 fully saturated rings. The van der Waals surface area contributed by atoms with Gasteiger partial charge in [-0.3, -0.25) is 33.6 Å². The van der Waals surface area contributed by atoms with E-state index in [0.717, 1.165) is 0 Å². The molecule has 0 aromatic carbocycles. The Kier molecular flexibility index (Phi) is 16.5. The predicted octanol–water partition coefficient (Wildman–Crippen LogP) is -1.99. The number of hydrogen-bond acceptors (Lipinski definition) is 10. The van der Waals surface area contributed by atoms with E-state index in [1.54, 1.807) is 13.8 Å². The number of aliphatic carboxylic acids is 2. The van der Waals surface area contributed by atoms with Gasteiger partial charge < -0.3 is 52.7 Å². The third-order valence-corrected chi connectivity index (χ3v) is 8.96. The van der Waals surface area contributed by atoms with Gasteiger partial charge in [0.1, 0.15) is 36.3 Å². The standard InChI is InChI=1S/C32H54N8O10/c1-17(2)25(38-29(46)23-11-7-15-39(23)30(47)20(34)12-13-24(41)42)31(48)40-16-8-10-22(40)28(45)36-18(3)26(43)35-19(4)27(44)37-21(32(49)50)9-5-6-14-33/h17-23,25H,5-16,33-34H2,1-4H3,(H,35,43)(H,36,45)(H,37,44)(H,38,46)(H,41,42)(H,49,50)/t18-,19-,20-,21-,22-,23-,25-/m0/s1. The Bertz CT molecular complexity index is 1260. The second kappa shape index (κ2) is 19.8. The Morgan fingerprint density at radius 1 is 0.720 bits per heavy atom. The van der Waals surface area contributed by atoms with E-state index in [-0.39, 0.29) is 32.4 Å². The van der Waals surface area contributed by atoms with Gasteiger partial charge >= 0.3 is 11.9 Å². The van der Waals surface area contributed by atoms with Gasteiger partial charge in [0.25, 0.3) is 0 Å². The van der Waals surface area contributed by atoms with Crippen LogP contribution in [-0.4, -0.2) is 129 Å². The maximum Gasteiger partial charge on any atom is 0.326 e. The number of hydrogen-bond donors (Lipinski definition) is 8. The van der Waals surface area contributed by atoms with Gasteiger partial charge in [0.05, 0.1) is 6.04 Å². The van der Waals surface area contributed by atoms with Crippen LogP contribution in [0.1, 0.15) is 85.5 Å². The summed E-state index contributed by atoms with van der Waals surface area (Å²) >= 11 is 0. The lowest BCUT2D eigenvalue weighted by molar-refractivity contribution is -0.145. The number of carbonyl (C=O) groups is 8. The molecule has 2 aliphatic heterocycles. The molecule has 2 heterocycles. The summed E-state index contributed by atoms with van der Waals surface area (Å²) in [6.07, 6.45) is 2.56. The van der Waals surface area contributed by atoms with Gasteiger partial charge in [-0.25, -0.2) is 4.79 Å². The summed E-state index contributed by atoms with van der Waals surface area (Å²) in [5, 5.41) is 28.5. The molecule has 0 spiro atoms. The molecule has 10 N–H and O–H groups in total. The van der Waals surface area contributed by atoms with Crippen LogP contribution in [0, 0.1) is 5.92 Å². The Morgan fingerprint density at radius 3 is 1.76 bits per heavy atom. The minimum Gasteiger partial charge on any atom is -0.481 e. The van der Waals surface area contributed by atoms with E-state index in [9.17, 15) is 43.5 Å². The van der Waals surface area contributed by atoms with Crippen LogP contribution in [-0.2, 0) is 38.4 Å². The lowest BCUT2D eigenvalue weighted by Gasteiger charge is -2.33. The van der Waals surface area contributed by atoms with Crippen molar-refractivity contribution in [2.45, 2.75) is 128 Å². The first-order valence-electron chi connectivity index (χ1n) is 17.2. The normalized spacial score (nSPS) is 20.3. The Balaban J connectivity index is 2.01. The van der Waals surface area contributed by atoms with Crippen molar-refractivity contribution in [3.8, 4) is 0 Å². The highest BCUT2D eigenvalue weighted by Crippen LogP contribution is 2.23. The van der Waals surface area contributed by atoms with Crippen molar-refractivity contribution < 1.29 is 48.6 Å². The first-order chi connectivity index (χ1) is 23.5. The van der Waals surface area contributed by atoms with Crippen LogP contribution >= 0.6 is 0 Å². The second-order valence-corrected chi connectivity index (χ2v) is 13.3. The molecule has 18 heteroatoms. The third kappa shape index (κ3) is 11.9. The Hall–Kier alpha value is -4.32. The number of likely N-dealkylation sites (tertiary alicyclic amines) is 2. The van der Waals surface area contributed by atoms with Crippen LogP contribution in [0.5, 0.6) is 0 Å². The monoisotopic (exact) mass is 710 g/mol. The summed E-state index contributed by atoms with van der Waals surface area (Å²) in [6.45, 7) is 7.14. The minimum absolute atomic E-state index is 0.0810. The molecule has 6 amide bonds. The summed E-state index contributed by atoms with van der Waals surface area (Å²) in [4.78, 5) is 104. The number of unbranched alkanes of at least 4 members (excludes halogenated alkanes) is 1. The lowest BCUT2D eigenvalue weighted by Crippen LogP contribution is -2.59. The molecule has 2 rings (SSSR count). The average Bonchev–Trinajstić information content (AvgIpc) is 3.75. The highest BCUT2D eigenvalue weighted by molar-refractivity contribution is 5.97. The molecular weight excluding hydrogens is 656 g/mol. The Labute approximate surface area is 291 Å². The van der Waals surface area contributed by atoms with E-state index in [2.05, 4.69) is 21.3 Å². The fraction of sp³-hybridized carbons (Fsp3) is 0.750. The molecule has 0 unspecified atom stereocenters. The zero-order valence-corrected chi connectivity index (χ0v) is 29.3. The molecule has 282 valence electrons. The fourth-order valence-electron chi connectivity index (χ4n) is 5.99. The zero-order chi connectivity index (χ0) is 37.7. The summed E-state index contributed by atoms with van der Waals surface area (Å²) in [7, 11) is 0. The number of nitrogens with one attached hydrogen (secondary N) is 4. The Morgan fingerprint density at radius 2 is 1.24 bits per heavy atom. The molecule has 0 bridgehead atoms. The van der Waals surface area contributed by atoms with Gasteiger partial charge in [-0.15, -0.1) is 0 Å². The molecule has 0 aromatic rings. The predicted molar refractivity (Wildman–Crippen MR) is 179 cm³/mol. The number of carboxylic acids is 2. The summed E-state index contributed by atoms with van der Waals surface area (Å²) in [6, 6.07) is -7.30. The minimum atomic E-state index is -1.21. The van der Waals surface area contributed by atoms with Crippen LogP contribution < -0.4 is 32.7 Å². The molecule has 7 atom stereocenters. The largest absolute Gasteiger partial charge is 0.481 e. The second-order valence-electron chi connectivity index (χ2n) is 13.3. The van der Waals surface area contributed by atoms with Gasteiger partial charge in [0.15, 0.2) is 0 Å². The van der Waals surface area contributed by atoms with E-state index in [0.29, 0.717) is 45.1 Å². The number of carbonyl (C=O) groups excluding carboxylic acids is 6. The quantitative estimate of drug-likeness (QED) is 0.0677. The van der Waals surface area contributed by atoms with E-state index >= 15 is 0 Å². The van der Waals surface area contributed by atoms with Crippen LogP contribution in [0.4, 0.5) is 0 Å². The number of nitrogens with zero attached hydrogens (tertiary/aromatic N) is 2. The van der Waals surface area contributed by atoms with E-state index in [1.165, 1.54) is 23.6 Å². The topological polar surface area (TPSA) is 284 Å². The number of rotatable bonds is 19. The smallest absolute Gasteiger partial charge is 0.326 e. The lowest BCUT2D eigenvalue weighted by atomic mass is 10.0. The van der Waals surface area contributed by atoms with Crippen molar-refractivity contribution in [3.63, 3.8) is 0 Å². The van der Waals surface area contributed by atoms with Crippen LogP contribution in [0.15, 0.2) is 0 Å². The van der Waals surface area contributed by atoms with Crippen molar-refractivity contribution in [1.82, 2.24) is 31.1 Å². The summed E-state index contributed by atoms with van der Waals surface area (Å²) in [5.41, 5.74) is 11.4. The molecular formula is C32H54N8O10. The van der Waals surface area contributed by atoms with Gasteiger partial charge in [-0.05, 0) is 77.7 Å². The maximum atomic E-state index is 13.8. The van der Waals surface area contributed by atoms with Gasteiger partial charge in [-0.1, -0.05) is 13.8 Å². The number of nitrogens with two attached hydrogens (primary N) is 2. The van der Waals surface area contributed by atoms with Crippen molar-refractivity contribution in [3.05, 3.63) is 0 Å². The van der Waals surface area contributed by atoms with E-state index in [4.69, 9.17) is 16.6 Å². The fourth-order valence-corrected chi connectivity index (χ4v) is 5.99. The van der Waals surface area contributed by atoms with Crippen molar-refractivity contribution in [2.75, 3.05) is 19.6 Å². The molecule has 50 heavy (non-hydrogen) atoms. The third-order valence-electron chi connectivity index (χ3n) is 8.96. The SMILES string of the molecule is CC(C)[C@H](NC(=O)[C@@H]1CCCN1C(=O)[C@@H](N)CCC(=O)O)C(=O)N1CCC[C@H]1C(=O)N[C@@H](C)C(=O)N[C@@H](C)C(=O)N[C@@H](CCCCN)C(=O)O. The average molecular weight is 711 g/mol. The summed E-state index contributed by atoms with van der Waals surface area (Å²) < 4.78 is 0. The van der Waals surface area contributed by atoms with E-state index in [1.807, 2.05) is 0 Å². The molecule has 0 aromatic heterocycles. The number of amides is 6. The van der Waals surface area contributed by atoms with Gasteiger partial charge in [-0.2, -0.15) is 0 Å². The maximum absolute atomic E-state index is 13.8. The van der Waals surface area contributed by atoms with Crippen LogP contribution in [0.3, 0.4) is 0 Å². The highest BCUT2D eigenvalue weighted by atomic mass is 16.4. The molecule has 0 aliphatic carbocycles. The first kappa shape index (κ1) is 41.8. The van der Waals surface area contributed by atoms with Crippen molar-refractivity contribution in [1.29, 1.82) is 0 Å². The highest BCUT2D eigenvalue weighted by Gasteiger charge is 2.42. The molecule has 0 radical (unpaired) electrons. The van der Waals surface area contributed by atoms with Crippen molar-refractivity contribution in [2.24, 2.45) is 17.4 Å². The van der Waals surface area contributed by atoms with Gasteiger partial charge in [0, 0.05) is 19.5 Å². The first-order valence-corrected chi connectivity index (χ1v) is 17.2. The molecule has 0 saturated carbocycles. The molecule has 2 saturated heterocycles. The summed E-state index contributed by atoms with van der Waals surface area (Å²) in [5.74, 6) is -6.29. The molecule has 2 aliphatic rings. The van der Waals surface area contributed by atoms with Crippen LogP contribution in [0.2, 0.25) is 0 Å². The molecule has 18 nitrogen and oxygen atoms in total. The van der Waals surface area contributed by atoms with Crippen LogP contribution in [0.25, 0.3) is 0 Å².